The minimum atomic E-state index is -0.758. The molecule has 2 aliphatic rings. The molecular weight excluding hydrogens is 492 g/mol. The number of allylic oxidation sites excluding steroid dienone is 3. The van der Waals surface area contributed by atoms with Gasteiger partial charge in [0.25, 0.3) is 0 Å². The summed E-state index contributed by atoms with van der Waals surface area (Å²) in [4.78, 5) is 13.7. The first kappa shape index (κ1) is 26.5. The molecule has 0 radical (unpaired) electrons. The van der Waals surface area contributed by atoms with E-state index in [1.807, 2.05) is 12.1 Å². The van der Waals surface area contributed by atoms with Gasteiger partial charge in [0.05, 0.1) is 48.6 Å². The number of rotatable bonds is 8. The first-order valence-electron chi connectivity index (χ1n) is 11.8. The summed E-state index contributed by atoms with van der Waals surface area (Å²) in [6.45, 7) is 0. The molecule has 10 nitrogen and oxygen atoms in total. The average Bonchev–Trinajstić information content (AvgIpc) is 2.94. The van der Waals surface area contributed by atoms with Crippen LogP contribution in [0.25, 0.3) is 0 Å². The molecule has 2 atom stereocenters. The molecule has 10 heteroatoms. The van der Waals surface area contributed by atoms with Crippen LogP contribution in [0.15, 0.2) is 47.1 Å². The van der Waals surface area contributed by atoms with Gasteiger partial charge in [-0.3, -0.25) is 4.79 Å². The molecule has 0 saturated heterocycles. The van der Waals surface area contributed by atoms with Gasteiger partial charge in [0.1, 0.15) is 17.4 Å². The molecule has 1 aliphatic heterocycles. The molecule has 2 aromatic carbocycles. The van der Waals surface area contributed by atoms with Crippen LogP contribution in [0.1, 0.15) is 35.8 Å². The first-order valence-corrected chi connectivity index (χ1v) is 11.8. The number of carbonyl (C=O) groups is 1. The normalized spacial score (nSPS) is 18.7. The minimum Gasteiger partial charge on any atom is -0.493 e. The van der Waals surface area contributed by atoms with Crippen LogP contribution < -0.4 is 34.2 Å². The third-order valence-electron chi connectivity index (χ3n) is 6.84. The molecule has 4 rings (SSSR count). The molecule has 2 unspecified atom stereocenters. The van der Waals surface area contributed by atoms with Crippen molar-refractivity contribution in [3.8, 4) is 40.6 Å². The van der Waals surface area contributed by atoms with Crippen LogP contribution in [0.2, 0.25) is 0 Å². The van der Waals surface area contributed by atoms with Gasteiger partial charge >= 0.3 is 0 Å². The highest BCUT2D eigenvalue weighted by molar-refractivity contribution is 6.00. The monoisotopic (exact) mass is 522 g/mol. The fourth-order valence-corrected chi connectivity index (χ4v) is 5.08. The highest BCUT2D eigenvalue weighted by atomic mass is 16.5. The van der Waals surface area contributed by atoms with E-state index in [0.717, 1.165) is 5.56 Å². The van der Waals surface area contributed by atoms with Gasteiger partial charge < -0.3 is 38.9 Å². The Balaban J connectivity index is 1.83. The predicted octanol–water partition coefficient (Wildman–Crippen LogP) is 3.95. The summed E-state index contributed by atoms with van der Waals surface area (Å²) in [6, 6.07) is 9.20. The van der Waals surface area contributed by atoms with Gasteiger partial charge in [-0.1, -0.05) is 0 Å². The minimum absolute atomic E-state index is 0.0525. The Hall–Kier alpha value is -4.52. The van der Waals surface area contributed by atoms with E-state index in [-0.39, 0.29) is 29.6 Å². The Morgan fingerprint density at radius 2 is 1.26 bits per heavy atom. The van der Waals surface area contributed by atoms with E-state index >= 15 is 0 Å². The first-order chi connectivity index (χ1) is 18.3. The van der Waals surface area contributed by atoms with Crippen molar-refractivity contribution in [2.24, 2.45) is 5.73 Å². The zero-order valence-corrected chi connectivity index (χ0v) is 22.2. The SMILES string of the molecule is COc1cc(C2CC(=O)C3=C(C2)OC(N)=C(C#N)C3c2cc(OC)c(OC)c(OC)c2)cc(OC)c1OC. The van der Waals surface area contributed by atoms with E-state index in [2.05, 4.69) is 6.07 Å². The second-order valence-electron chi connectivity index (χ2n) is 8.71. The Labute approximate surface area is 221 Å². The summed E-state index contributed by atoms with van der Waals surface area (Å²) < 4.78 is 38.8. The second-order valence-corrected chi connectivity index (χ2v) is 8.71. The van der Waals surface area contributed by atoms with E-state index in [1.54, 1.807) is 12.1 Å². The van der Waals surface area contributed by atoms with Gasteiger partial charge in [0, 0.05) is 18.4 Å². The molecule has 0 saturated carbocycles. The number of nitriles is 1. The lowest BCUT2D eigenvalue weighted by molar-refractivity contribution is -0.117. The van der Waals surface area contributed by atoms with Crippen molar-refractivity contribution in [3.63, 3.8) is 0 Å². The number of ketones is 1. The number of ether oxygens (including phenoxy) is 7. The lowest BCUT2D eigenvalue weighted by atomic mass is 9.73. The number of hydrogen-bond acceptors (Lipinski definition) is 10. The standard InChI is InChI=1S/C28H30N2O8/c1-32-20-9-15(10-21(33-2)26(20)36-5)14-7-18(31)25-19(8-14)38-28(30)17(13-29)24(25)16-11-22(34-3)27(37-6)23(12-16)35-4/h9-12,14,24H,7-8,30H2,1-6H3. The molecule has 200 valence electrons. The maximum absolute atomic E-state index is 13.7. The maximum Gasteiger partial charge on any atom is 0.205 e. The summed E-state index contributed by atoms with van der Waals surface area (Å²) in [5.41, 5.74) is 8.16. The Morgan fingerprint density at radius 1 is 0.789 bits per heavy atom. The van der Waals surface area contributed by atoms with Crippen LogP contribution in [-0.4, -0.2) is 48.4 Å². The number of methoxy groups -OCH3 is 6. The number of nitrogens with two attached hydrogens (primary N) is 1. The number of Topliss-reactive ketones (excluding diaryl/α,β-unsaturated/α-hetero) is 1. The Morgan fingerprint density at radius 3 is 1.68 bits per heavy atom. The summed E-state index contributed by atoms with van der Waals surface area (Å²) >= 11 is 0. The number of benzene rings is 2. The van der Waals surface area contributed by atoms with Crippen molar-refractivity contribution in [1.82, 2.24) is 0 Å². The van der Waals surface area contributed by atoms with E-state index < -0.39 is 5.92 Å². The zero-order valence-electron chi connectivity index (χ0n) is 22.2. The highest BCUT2D eigenvalue weighted by Crippen LogP contribution is 2.50. The maximum atomic E-state index is 13.7. The van der Waals surface area contributed by atoms with Crippen LogP contribution in [0, 0.1) is 11.3 Å². The molecule has 1 aliphatic carbocycles. The lowest BCUT2D eigenvalue weighted by Gasteiger charge is -2.34. The Bertz CT molecular complexity index is 1320. The van der Waals surface area contributed by atoms with E-state index in [9.17, 15) is 10.1 Å². The molecule has 1 heterocycles. The van der Waals surface area contributed by atoms with Crippen LogP contribution in [0.5, 0.6) is 34.5 Å². The second kappa shape index (κ2) is 10.8. The third-order valence-corrected chi connectivity index (χ3v) is 6.84. The molecular formula is C28H30N2O8. The smallest absolute Gasteiger partial charge is 0.205 e. The molecule has 0 fully saturated rings. The molecule has 0 aromatic heterocycles. The van der Waals surface area contributed by atoms with Crippen molar-refractivity contribution < 1.29 is 38.0 Å². The molecule has 2 aromatic rings. The zero-order chi connectivity index (χ0) is 27.6. The summed E-state index contributed by atoms with van der Waals surface area (Å²) in [7, 11) is 9.10. The van der Waals surface area contributed by atoms with E-state index in [1.165, 1.54) is 42.7 Å². The van der Waals surface area contributed by atoms with Gasteiger partial charge in [-0.15, -0.1) is 0 Å². The fraction of sp³-hybridized carbons (Fsp3) is 0.357. The van der Waals surface area contributed by atoms with Gasteiger partial charge in [0.2, 0.25) is 17.4 Å². The van der Waals surface area contributed by atoms with Gasteiger partial charge in [0.15, 0.2) is 28.8 Å². The molecule has 0 spiro atoms. The van der Waals surface area contributed by atoms with Crippen LogP contribution in [-0.2, 0) is 9.53 Å². The van der Waals surface area contributed by atoms with Crippen molar-refractivity contribution in [2.45, 2.75) is 24.7 Å². The summed E-state index contributed by atoms with van der Waals surface area (Å²) in [5.74, 6) is 1.81. The van der Waals surface area contributed by atoms with Crippen LogP contribution >= 0.6 is 0 Å². The van der Waals surface area contributed by atoms with Gasteiger partial charge in [-0.25, -0.2) is 0 Å². The molecule has 0 amide bonds. The van der Waals surface area contributed by atoms with Gasteiger partial charge in [-0.2, -0.15) is 5.26 Å². The van der Waals surface area contributed by atoms with Crippen molar-refractivity contribution >= 4 is 5.78 Å². The topological polar surface area (TPSA) is 131 Å². The molecule has 0 bridgehead atoms. The third kappa shape index (κ3) is 4.41. The summed E-state index contributed by atoms with van der Waals surface area (Å²) in [6.07, 6.45) is 0.556. The van der Waals surface area contributed by atoms with Gasteiger partial charge in [-0.05, 0) is 41.3 Å². The highest BCUT2D eigenvalue weighted by Gasteiger charge is 2.42. The predicted molar refractivity (Wildman–Crippen MR) is 137 cm³/mol. The number of hydrogen-bond donors (Lipinski definition) is 1. The van der Waals surface area contributed by atoms with Crippen molar-refractivity contribution in [3.05, 3.63) is 58.2 Å². The summed E-state index contributed by atoms with van der Waals surface area (Å²) in [5, 5.41) is 9.99. The van der Waals surface area contributed by atoms with Crippen LogP contribution in [0.3, 0.4) is 0 Å². The Kier molecular flexibility index (Phi) is 7.57. The quantitative estimate of drug-likeness (QED) is 0.544. The fourth-order valence-electron chi connectivity index (χ4n) is 5.08. The van der Waals surface area contributed by atoms with Crippen LogP contribution in [0.4, 0.5) is 0 Å². The van der Waals surface area contributed by atoms with E-state index in [4.69, 9.17) is 38.9 Å². The molecule has 2 N–H and O–H groups in total. The van der Waals surface area contributed by atoms with Crippen molar-refractivity contribution in [2.75, 3.05) is 42.7 Å². The largest absolute Gasteiger partial charge is 0.493 e. The average molecular weight is 523 g/mol. The lowest BCUT2D eigenvalue weighted by Crippen LogP contribution is -2.30. The van der Waals surface area contributed by atoms with Crippen molar-refractivity contribution in [1.29, 1.82) is 5.26 Å². The number of carbonyl (C=O) groups excluding carboxylic acids is 1. The van der Waals surface area contributed by atoms with E-state index in [0.29, 0.717) is 57.8 Å². The number of nitrogens with zero attached hydrogens (tertiary/aromatic N) is 1. The molecule has 38 heavy (non-hydrogen) atoms.